The first-order valence-electron chi connectivity index (χ1n) is 4.04. The van der Waals surface area contributed by atoms with E-state index in [1.54, 1.807) is 11.3 Å². The summed E-state index contributed by atoms with van der Waals surface area (Å²) in [5, 5.41) is 11.3. The van der Waals surface area contributed by atoms with Crippen molar-refractivity contribution in [2.75, 3.05) is 6.54 Å². The van der Waals surface area contributed by atoms with Crippen LogP contribution in [0.15, 0.2) is 10.9 Å². The lowest BCUT2D eigenvalue weighted by molar-refractivity contribution is 0.0203. The van der Waals surface area contributed by atoms with E-state index in [1.807, 2.05) is 10.9 Å². The van der Waals surface area contributed by atoms with E-state index >= 15 is 0 Å². The monoisotopic (exact) mass is 184 g/mol. The molecule has 0 aliphatic heterocycles. The van der Waals surface area contributed by atoms with E-state index < -0.39 is 0 Å². The van der Waals surface area contributed by atoms with Crippen LogP contribution in [0, 0.1) is 0 Å². The number of nitrogens with two attached hydrogens (primary N) is 1. The van der Waals surface area contributed by atoms with Gasteiger partial charge in [0.05, 0.1) is 17.3 Å². The molecule has 1 saturated carbocycles. The summed E-state index contributed by atoms with van der Waals surface area (Å²) in [6.45, 7) is 0.591. The van der Waals surface area contributed by atoms with Crippen LogP contribution < -0.4 is 5.73 Å². The van der Waals surface area contributed by atoms with Crippen LogP contribution in [0.5, 0.6) is 0 Å². The molecule has 0 amide bonds. The van der Waals surface area contributed by atoms with Crippen LogP contribution in [0.2, 0.25) is 0 Å². The molecule has 2 rings (SSSR count). The van der Waals surface area contributed by atoms with Gasteiger partial charge in [0, 0.05) is 17.3 Å². The van der Waals surface area contributed by atoms with Crippen molar-refractivity contribution in [1.29, 1.82) is 0 Å². The van der Waals surface area contributed by atoms with E-state index in [2.05, 4.69) is 4.98 Å². The van der Waals surface area contributed by atoms with Gasteiger partial charge in [0.1, 0.15) is 0 Å². The molecule has 1 aromatic heterocycles. The second-order valence-electron chi connectivity index (χ2n) is 3.42. The molecule has 4 heteroatoms. The van der Waals surface area contributed by atoms with Crippen molar-refractivity contribution in [3.8, 4) is 0 Å². The lowest BCUT2D eigenvalue weighted by atomic mass is 9.65. The average Bonchev–Trinajstić information content (AvgIpc) is 2.50. The smallest absolute Gasteiger partial charge is 0.0794 e. The zero-order chi connectivity index (χ0) is 8.60. The third kappa shape index (κ3) is 1.07. The van der Waals surface area contributed by atoms with Gasteiger partial charge in [-0.3, -0.25) is 0 Å². The Morgan fingerprint density at radius 2 is 2.50 bits per heavy atom. The first kappa shape index (κ1) is 8.16. The van der Waals surface area contributed by atoms with Crippen LogP contribution in [0.4, 0.5) is 0 Å². The quantitative estimate of drug-likeness (QED) is 0.703. The molecule has 66 valence electrons. The van der Waals surface area contributed by atoms with Gasteiger partial charge in [-0.2, -0.15) is 0 Å². The number of hydrogen-bond donors (Lipinski definition) is 2. The number of aliphatic hydroxyl groups is 1. The standard InChI is InChI=1S/C8H12N2OS/c9-4-8(1-6(11)2-8)7-3-12-5-10-7/h3,5-6,11H,1-2,4,9H2. The van der Waals surface area contributed by atoms with E-state index in [-0.39, 0.29) is 11.5 Å². The molecule has 1 aliphatic rings. The molecule has 3 nitrogen and oxygen atoms in total. The molecule has 0 unspecified atom stereocenters. The summed E-state index contributed by atoms with van der Waals surface area (Å²) >= 11 is 1.58. The van der Waals surface area contributed by atoms with Crippen LogP contribution in [-0.2, 0) is 5.41 Å². The molecule has 1 aliphatic carbocycles. The van der Waals surface area contributed by atoms with E-state index in [0.29, 0.717) is 6.54 Å². The van der Waals surface area contributed by atoms with E-state index in [1.165, 1.54) is 0 Å². The zero-order valence-corrected chi connectivity index (χ0v) is 7.55. The third-order valence-corrected chi connectivity index (χ3v) is 3.21. The number of thiazole rings is 1. The van der Waals surface area contributed by atoms with Crippen molar-refractivity contribution in [1.82, 2.24) is 4.98 Å². The topological polar surface area (TPSA) is 59.1 Å². The summed E-state index contributed by atoms with van der Waals surface area (Å²) in [6.07, 6.45) is 1.37. The number of aliphatic hydroxyl groups excluding tert-OH is 1. The highest BCUT2D eigenvalue weighted by atomic mass is 32.1. The summed E-state index contributed by atoms with van der Waals surface area (Å²) in [6, 6.07) is 0. The second kappa shape index (κ2) is 2.80. The normalized spacial score (nSPS) is 34.7. The number of aromatic nitrogens is 1. The van der Waals surface area contributed by atoms with E-state index in [9.17, 15) is 5.11 Å². The van der Waals surface area contributed by atoms with Gasteiger partial charge in [0.15, 0.2) is 0 Å². The molecule has 0 saturated heterocycles. The van der Waals surface area contributed by atoms with Crippen LogP contribution in [0.25, 0.3) is 0 Å². The Morgan fingerprint density at radius 3 is 2.92 bits per heavy atom. The highest BCUT2D eigenvalue weighted by Crippen LogP contribution is 2.42. The summed E-state index contributed by atoms with van der Waals surface area (Å²) < 4.78 is 0. The van der Waals surface area contributed by atoms with Gasteiger partial charge in [0.25, 0.3) is 0 Å². The molecule has 0 atom stereocenters. The minimum Gasteiger partial charge on any atom is -0.393 e. The summed E-state index contributed by atoms with van der Waals surface area (Å²) in [7, 11) is 0. The van der Waals surface area contributed by atoms with Gasteiger partial charge in [-0.05, 0) is 12.8 Å². The maximum atomic E-state index is 9.23. The molecular weight excluding hydrogens is 172 g/mol. The Balaban J connectivity index is 2.20. The second-order valence-corrected chi connectivity index (χ2v) is 4.14. The molecule has 3 N–H and O–H groups in total. The zero-order valence-electron chi connectivity index (χ0n) is 6.73. The fraction of sp³-hybridized carbons (Fsp3) is 0.625. The molecular formula is C8H12N2OS. The Bertz CT molecular complexity index is 254. The van der Waals surface area contributed by atoms with Gasteiger partial charge in [-0.1, -0.05) is 0 Å². The molecule has 1 fully saturated rings. The Morgan fingerprint density at radius 1 is 1.75 bits per heavy atom. The van der Waals surface area contributed by atoms with Crippen molar-refractivity contribution < 1.29 is 5.11 Å². The summed E-state index contributed by atoms with van der Waals surface area (Å²) in [5.74, 6) is 0. The third-order valence-electron chi connectivity index (χ3n) is 2.62. The predicted octanol–water partition coefficient (Wildman–Crippen LogP) is 0.494. The van der Waals surface area contributed by atoms with Gasteiger partial charge in [-0.25, -0.2) is 4.98 Å². The molecule has 0 bridgehead atoms. The largest absolute Gasteiger partial charge is 0.393 e. The molecule has 0 aromatic carbocycles. The molecule has 1 aromatic rings. The van der Waals surface area contributed by atoms with Crippen LogP contribution in [0.1, 0.15) is 18.5 Å². The van der Waals surface area contributed by atoms with Gasteiger partial charge in [-0.15, -0.1) is 11.3 Å². The molecule has 1 heterocycles. The van der Waals surface area contributed by atoms with Crippen molar-refractivity contribution in [2.24, 2.45) is 5.73 Å². The van der Waals surface area contributed by atoms with Crippen molar-refractivity contribution in [2.45, 2.75) is 24.4 Å². The first-order chi connectivity index (χ1) is 5.77. The van der Waals surface area contributed by atoms with Crippen molar-refractivity contribution >= 4 is 11.3 Å². The summed E-state index contributed by atoms with van der Waals surface area (Å²) in [4.78, 5) is 4.24. The Labute approximate surface area is 75.2 Å². The maximum Gasteiger partial charge on any atom is 0.0794 e. The fourth-order valence-corrected chi connectivity index (χ4v) is 2.47. The van der Waals surface area contributed by atoms with Crippen LogP contribution in [0.3, 0.4) is 0 Å². The highest BCUT2D eigenvalue weighted by Gasteiger charge is 2.45. The molecule has 0 spiro atoms. The van der Waals surface area contributed by atoms with Crippen molar-refractivity contribution in [3.05, 3.63) is 16.6 Å². The molecule has 12 heavy (non-hydrogen) atoms. The lowest BCUT2D eigenvalue weighted by Crippen LogP contribution is -2.50. The van der Waals surface area contributed by atoms with Gasteiger partial charge in [0.2, 0.25) is 0 Å². The van der Waals surface area contributed by atoms with Crippen molar-refractivity contribution in [3.63, 3.8) is 0 Å². The lowest BCUT2D eigenvalue weighted by Gasteiger charge is -2.43. The van der Waals surface area contributed by atoms with E-state index in [4.69, 9.17) is 5.73 Å². The minimum atomic E-state index is -0.171. The van der Waals surface area contributed by atoms with Gasteiger partial charge < -0.3 is 10.8 Å². The Hall–Kier alpha value is -0.450. The van der Waals surface area contributed by atoms with Crippen LogP contribution in [-0.4, -0.2) is 22.7 Å². The minimum absolute atomic E-state index is 0.0145. The average molecular weight is 184 g/mol. The maximum absolute atomic E-state index is 9.23. The predicted molar refractivity (Wildman–Crippen MR) is 48.1 cm³/mol. The molecule has 0 radical (unpaired) electrons. The Kier molecular flexibility index (Phi) is 1.90. The fourth-order valence-electron chi connectivity index (χ4n) is 1.80. The number of hydrogen-bond acceptors (Lipinski definition) is 4. The summed E-state index contributed by atoms with van der Waals surface area (Å²) in [5.41, 5.74) is 8.53. The highest BCUT2D eigenvalue weighted by molar-refractivity contribution is 7.07. The van der Waals surface area contributed by atoms with Crippen LogP contribution >= 0.6 is 11.3 Å². The van der Waals surface area contributed by atoms with Gasteiger partial charge >= 0.3 is 0 Å². The SMILES string of the molecule is NCC1(c2cscn2)CC(O)C1. The number of nitrogens with zero attached hydrogens (tertiary/aromatic N) is 1. The first-order valence-corrected chi connectivity index (χ1v) is 4.98. The van der Waals surface area contributed by atoms with E-state index in [0.717, 1.165) is 18.5 Å². The number of rotatable bonds is 2.